The summed E-state index contributed by atoms with van der Waals surface area (Å²) >= 11 is 0. The lowest BCUT2D eigenvalue weighted by molar-refractivity contribution is 0.0919. The molecular weight excluding hydrogens is 286 g/mol. The van der Waals surface area contributed by atoms with E-state index < -0.39 is 0 Å². The second-order valence-electron chi connectivity index (χ2n) is 5.72. The third-order valence-electron chi connectivity index (χ3n) is 4.17. The molecule has 0 bridgehead atoms. The Balaban J connectivity index is 1.89. The Kier molecular flexibility index (Phi) is 4.29. The standard InChI is InChI=1S/C20H19NO2/c1-20(16-9-4-2-5-10-16,17-11-6-3-7-12-17)15-21-19(22)18-13-8-14-23-18/h2-14H,15H2,1H3,(H,21,22). The Hall–Kier alpha value is -2.81. The first-order valence-corrected chi connectivity index (χ1v) is 7.63. The summed E-state index contributed by atoms with van der Waals surface area (Å²) < 4.78 is 5.16. The molecule has 0 aliphatic heterocycles. The van der Waals surface area contributed by atoms with Gasteiger partial charge in [0.2, 0.25) is 0 Å². The smallest absolute Gasteiger partial charge is 0.287 e. The van der Waals surface area contributed by atoms with Gasteiger partial charge in [0.05, 0.1) is 6.26 Å². The summed E-state index contributed by atoms with van der Waals surface area (Å²) in [6.07, 6.45) is 1.50. The zero-order valence-electron chi connectivity index (χ0n) is 13.0. The van der Waals surface area contributed by atoms with Gasteiger partial charge in [0, 0.05) is 12.0 Å². The van der Waals surface area contributed by atoms with Crippen LogP contribution in [-0.4, -0.2) is 12.5 Å². The van der Waals surface area contributed by atoms with Gasteiger partial charge in [0.15, 0.2) is 5.76 Å². The van der Waals surface area contributed by atoms with Crippen LogP contribution in [0, 0.1) is 0 Å². The van der Waals surface area contributed by atoms with Gasteiger partial charge in [-0.1, -0.05) is 60.7 Å². The average molecular weight is 305 g/mol. The Morgan fingerprint density at radius 3 is 1.96 bits per heavy atom. The summed E-state index contributed by atoms with van der Waals surface area (Å²) in [5.41, 5.74) is 2.00. The van der Waals surface area contributed by atoms with Crippen molar-refractivity contribution in [1.29, 1.82) is 0 Å². The maximum absolute atomic E-state index is 12.2. The summed E-state index contributed by atoms with van der Waals surface area (Å²) in [6.45, 7) is 2.63. The number of hydrogen-bond acceptors (Lipinski definition) is 2. The summed E-state index contributed by atoms with van der Waals surface area (Å²) in [5, 5.41) is 2.99. The highest BCUT2D eigenvalue weighted by atomic mass is 16.3. The van der Waals surface area contributed by atoms with E-state index in [9.17, 15) is 4.79 Å². The molecule has 116 valence electrons. The Morgan fingerprint density at radius 1 is 0.913 bits per heavy atom. The molecule has 0 saturated carbocycles. The molecule has 3 rings (SSSR count). The van der Waals surface area contributed by atoms with E-state index in [2.05, 4.69) is 36.5 Å². The van der Waals surface area contributed by atoms with Crippen molar-refractivity contribution in [3.8, 4) is 0 Å². The fraction of sp³-hybridized carbons (Fsp3) is 0.150. The van der Waals surface area contributed by atoms with Gasteiger partial charge < -0.3 is 9.73 Å². The van der Waals surface area contributed by atoms with Crippen molar-refractivity contribution in [3.63, 3.8) is 0 Å². The van der Waals surface area contributed by atoms with Crippen LogP contribution in [0.5, 0.6) is 0 Å². The van der Waals surface area contributed by atoms with Gasteiger partial charge in [0.1, 0.15) is 0 Å². The van der Waals surface area contributed by atoms with Crippen molar-refractivity contribution in [3.05, 3.63) is 95.9 Å². The maximum atomic E-state index is 12.2. The van der Waals surface area contributed by atoms with Crippen LogP contribution in [0.2, 0.25) is 0 Å². The molecule has 0 atom stereocenters. The SMILES string of the molecule is CC(CNC(=O)c1ccco1)(c1ccccc1)c1ccccc1. The van der Waals surface area contributed by atoms with Crippen LogP contribution in [0.15, 0.2) is 83.5 Å². The first-order chi connectivity index (χ1) is 11.2. The summed E-state index contributed by atoms with van der Waals surface area (Å²) in [4.78, 5) is 12.2. The number of carbonyl (C=O) groups excluding carboxylic acids is 1. The van der Waals surface area contributed by atoms with Crippen molar-refractivity contribution in [2.75, 3.05) is 6.54 Å². The van der Waals surface area contributed by atoms with Gasteiger partial charge in [-0.15, -0.1) is 0 Å². The third kappa shape index (κ3) is 3.19. The first-order valence-electron chi connectivity index (χ1n) is 7.63. The van der Waals surface area contributed by atoms with E-state index in [1.54, 1.807) is 12.1 Å². The van der Waals surface area contributed by atoms with Crippen molar-refractivity contribution < 1.29 is 9.21 Å². The second-order valence-corrected chi connectivity index (χ2v) is 5.72. The normalized spacial score (nSPS) is 11.2. The van der Waals surface area contributed by atoms with E-state index in [1.165, 1.54) is 6.26 Å². The molecule has 0 fully saturated rings. The fourth-order valence-electron chi connectivity index (χ4n) is 2.73. The van der Waals surface area contributed by atoms with E-state index in [4.69, 9.17) is 4.42 Å². The van der Waals surface area contributed by atoms with E-state index in [0.717, 1.165) is 11.1 Å². The number of carbonyl (C=O) groups is 1. The number of amides is 1. The first kappa shape index (κ1) is 15.1. The van der Waals surface area contributed by atoms with Crippen LogP contribution in [-0.2, 0) is 5.41 Å². The monoisotopic (exact) mass is 305 g/mol. The Labute approximate surface area is 136 Å². The van der Waals surface area contributed by atoms with Crippen LogP contribution >= 0.6 is 0 Å². The van der Waals surface area contributed by atoms with Crippen LogP contribution in [0.25, 0.3) is 0 Å². The molecule has 1 N–H and O–H groups in total. The van der Waals surface area contributed by atoms with Gasteiger partial charge in [-0.25, -0.2) is 0 Å². The Bertz CT molecular complexity index is 709. The summed E-state index contributed by atoms with van der Waals surface area (Å²) in [7, 11) is 0. The molecule has 0 aliphatic carbocycles. The van der Waals surface area contributed by atoms with E-state index in [0.29, 0.717) is 12.3 Å². The van der Waals surface area contributed by atoms with Crippen molar-refractivity contribution in [2.45, 2.75) is 12.3 Å². The minimum absolute atomic E-state index is 0.201. The number of rotatable bonds is 5. The maximum Gasteiger partial charge on any atom is 0.287 e. The largest absolute Gasteiger partial charge is 0.459 e. The highest BCUT2D eigenvalue weighted by Gasteiger charge is 2.29. The quantitative estimate of drug-likeness (QED) is 0.773. The molecular formula is C20H19NO2. The number of nitrogens with one attached hydrogen (secondary N) is 1. The molecule has 1 aromatic heterocycles. The predicted molar refractivity (Wildman–Crippen MR) is 90.4 cm³/mol. The van der Waals surface area contributed by atoms with Gasteiger partial charge in [0.25, 0.3) is 5.91 Å². The van der Waals surface area contributed by atoms with E-state index in [-0.39, 0.29) is 11.3 Å². The van der Waals surface area contributed by atoms with Crippen LogP contribution in [0.4, 0.5) is 0 Å². The van der Waals surface area contributed by atoms with Gasteiger partial charge in [-0.2, -0.15) is 0 Å². The lowest BCUT2D eigenvalue weighted by Gasteiger charge is -2.31. The zero-order valence-corrected chi connectivity index (χ0v) is 13.0. The second kappa shape index (κ2) is 6.53. The third-order valence-corrected chi connectivity index (χ3v) is 4.17. The minimum Gasteiger partial charge on any atom is -0.459 e. The summed E-state index contributed by atoms with van der Waals surface area (Å²) in [5.74, 6) is 0.126. The van der Waals surface area contributed by atoms with Crippen LogP contribution < -0.4 is 5.32 Å². The fourth-order valence-corrected chi connectivity index (χ4v) is 2.73. The number of furan rings is 1. The molecule has 0 spiro atoms. The summed E-state index contributed by atoms with van der Waals surface area (Å²) in [6, 6.07) is 23.8. The Morgan fingerprint density at radius 2 is 1.48 bits per heavy atom. The minimum atomic E-state index is -0.315. The van der Waals surface area contributed by atoms with Gasteiger partial charge in [-0.05, 0) is 30.2 Å². The van der Waals surface area contributed by atoms with Crippen LogP contribution in [0.3, 0.4) is 0 Å². The van der Waals surface area contributed by atoms with E-state index in [1.807, 2.05) is 36.4 Å². The average Bonchev–Trinajstić information content (AvgIpc) is 3.16. The highest BCUT2D eigenvalue weighted by Crippen LogP contribution is 2.31. The van der Waals surface area contributed by atoms with Crippen molar-refractivity contribution in [2.24, 2.45) is 0 Å². The molecule has 1 heterocycles. The molecule has 3 heteroatoms. The topological polar surface area (TPSA) is 42.2 Å². The lowest BCUT2D eigenvalue weighted by Crippen LogP contribution is -2.39. The molecule has 1 amide bonds. The van der Waals surface area contributed by atoms with Crippen molar-refractivity contribution >= 4 is 5.91 Å². The molecule has 0 radical (unpaired) electrons. The predicted octanol–water partition coefficient (Wildman–Crippen LogP) is 4.02. The number of hydrogen-bond donors (Lipinski definition) is 1. The van der Waals surface area contributed by atoms with E-state index >= 15 is 0 Å². The van der Waals surface area contributed by atoms with Crippen molar-refractivity contribution in [1.82, 2.24) is 5.32 Å². The molecule has 23 heavy (non-hydrogen) atoms. The molecule has 0 unspecified atom stereocenters. The zero-order chi connectivity index (χ0) is 16.1. The highest BCUT2D eigenvalue weighted by molar-refractivity contribution is 5.91. The lowest BCUT2D eigenvalue weighted by atomic mass is 9.76. The van der Waals surface area contributed by atoms with Gasteiger partial charge >= 0.3 is 0 Å². The molecule has 2 aromatic carbocycles. The van der Waals surface area contributed by atoms with Crippen LogP contribution in [0.1, 0.15) is 28.6 Å². The molecule has 3 nitrogen and oxygen atoms in total. The molecule has 3 aromatic rings. The molecule has 0 aliphatic rings. The number of benzene rings is 2. The van der Waals surface area contributed by atoms with Gasteiger partial charge in [-0.3, -0.25) is 4.79 Å². The molecule has 0 saturated heterocycles.